The van der Waals surface area contributed by atoms with Crippen LogP contribution in [0.2, 0.25) is 0 Å². The summed E-state index contributed by atoms with van der Waals surface area (Å²) in [6, 6.07) is 6.26. The smallest absolute Gasteiger partial charge is 0.336 e. The van der Waals surface area contributed by atoms with Gasteiger partial charge in [-0.15, -0.1) is 5.10 Å². The fourth-order valence-corrected chi connectivity index (χ4v) is 2.61. The normalized spacial score (nSPS) is 19.5. The lowest BCUT2D eigenvalue weighted by Gasteiger charge is -1.98. The van der Waals surface area contributed by atoms with Crippen molar-refractivity contribution in [3.8, 4) is 0 Å². The predicted molar refractivity (Wildman–Crippen MR) is 80.2 cm³/mol. The molecule has 1 aromatic rings. The lowest BCUT2D eigenvalue weighted by Crippen LogP contribution is -2.26. The number of hydrogen-bond donors (Lipinski definition) is 3. The Morgan fingerprint density at radius 2 is 2.05 bits per heavy atom. The number of carbonyl (C=O) groups is 3. The van der Waals surface area contributed by atoms with Gasteiger partial charge < -0.3 is 15.5 Å². The van der Waals surface area contributed by atoms with Crippen molar-refractivity contribution < 1.29 is 24.6 Å². The van der Waals surface area contributed by atoms with Gasteiger partial charge in [-0.3, -0.25) is 9.59 Å². The van der Waals surface area contributed by atoms with Crippen molar-refractivity contribution in [2.75, 3.05) is 0 Å². The molecular weight excluding hydrogens is 310 g/mol. The van der Waals surface area contributed by atoms with E-state index in [0.717, 1.165) is 11.8 Å². The number of nitrogens with one attached hydrogen (secondary N) is 1. The Hall–Kier alpha value is -2.68. The lowest BCUT2D eigenvalue weighted by atomic mass is 10.1. The van der Waals surface area contributed by atoms with Crippen molar-refractivity contribution in [2.24, 2.45) is 10.2 Å². The molecule has 1 atom stereocenters. The zero-order valence-electron chi connectivity index (χ0n) is 11.1. The molecule has 1 unspecified atom stereocenters. The number of rotatable bonds is 5. The molecule has 1 saturated heterocycles. The molecule has 114 valence electrons. The van der Waals surface area contributed by atoms with Crippen molar-refractivity contribution in [1.82, 2.24) is 5.32 Å². The van der Waals surface area contributed by atoms with Gasteiger partial charge in [0.15, 0.2) is 5.17 Å². The number of amides is 1. The second-order valence-electron chi connectivity index (χ2n) is 4.24. The van der Waals surface area contributed by atoms with Crippen LogP contribution in [0.5, 0.6) is 0 Å². The molecule has 1 aliphatic heterocycles. The second kappa shape index (κ2) is 6.85. The number of amidine groups is 1. The highest BCUT2D eigenvalue weighted by molar-refractivity contribution is 8.15. The van der Waals surface area contributed by atoms with E-state index in [1.165, 1.54) is 12.3 Å². The third-order valence-corrected chi connectivity index (χ3v) is 3.75. The quantitative estimate of drug-likeness (QED) is 0.543. The van der Waals surface area contributed by atoms with Gasteiger partial charge in [-0.2, -0.15) is 5.10 Å². The predicted octanol–water partition coefficient (Wildman–Crippen LogP) is 0.781. The Morgan fingerprint density at radius 1 is 1.32 bits per heavy atom. The number of carbonyl (C=O) groups excluding carboxylic acids is 1. The molecule has 0 radical (unpaired) electrons. The second-order valence-corrected chi connectivity index (χ2v) is 5.43. The van der Waals surface area contributed by atoms with E-state index in [1.807, 2.05) is 0 Å². The Balaban J connectivity index is 2.08. The molecule has 1 fully saturated rings. The highest BCUT2D eigenvalue weighted by atomic mass is 32.2. The van der Waals surface area contributed by atoms with Crippen molar-refractivity contribution in [1.29, 1.82) is 0 Å². The van der Waals surface area contributed by atoms with Crippen LogP contribution >= 0.6 is 11.8 Å². The number of aromatic carboxylic acids is 1. The van der Waals surface area contributed by atoms with E-state index < -0.39 is 23.1 Å². The summed E-state index contributed by atoms with van der Waals surface area (Å²) in [5, 5.41) is 27.0. The molecule has 0 bridgehead atoms. The largest absolute Gasteiger partial charge is 0.481 e. The van der Waals surface area contributed by atoms with E-state index in [2.05, 4.69) is 15.5 Å². The molecule has 1 amide bonds. The molecule has 2 rings (SSSR count). The summed E-state index contributed by atoms with van der Waals surface area (Å²) >= 11 is 0.971. The van der Waals surface area contributed by atoms with E-state index in [4.69, 9.17) is 10.2 Å². The highest BCUT2D eigenvalue weighted by Crippen LogP contribution is 2.22. The van der Waals surface area contributed by atoms with Crippen molar-refractivity contribution in [2.45, 2.75) is 11.7 Å². The third kappa shape index (κ3) is 3.92. The Morgan fingerprint density at radius 3 is 2.73 bits per heavy atom. The summed E-state index contributed by atoms with van der Waals surface area (Å²) in [7, 11) is 0. The van der Waals surface area contributed by atoms with E-state index in [9.17, 15) is 14.4 Å². The van der Waals surface area contributed by atoms with Gasteiger partial charge in [-0.05, 0) is 6.07 Å². The van der Waals surface area contributed by atoms with Crippen LogP contribution in [-0.2, 0) is 9.59 Å². The first kappa shape index (κ1) is 15.7. The fraction of sp³-hybridized carbons (Fsp3) is 0.154. The van der Waals surface area contributed by atoms with Crippen molar-refractivity contribution in [3.63, 3.8) is 0 Å². The van der Waals surface area contributed by atoms with Crippen molar-refractivity contribution >= 4 is 41.0 Å². The monoisotopic (exact) mass is 321 g/mol. The molecule has 0 saturated carbocycles. The Kier molecular flexibility index (Phi) is 4.89. The SMILES string of the molecule is O=C(O)CC1S/C(=N/N=C/c2ccccc2C(=O)O)NC1=O. The average molecular weight is 321 g/mol. The molecule has 8 nitrogen and oxygen atoms in total. The fourth-order valence-electron chi connectivity index (χ4n) is 1.69. The number of benzene rings is 1. The van der Waals surface area contributed by atoms with Crippen LogP contribution in [0.15, 0.2) is 34.5 Å². The topological polar surface area (TPSA) is 128 Å². The van der Waals surface area contributed by atoms with Gasteiger partial charge in [-0.25, -0.2) is 4.79 Å². The van der Waals surface area contributed by atoms with E-state index >= 15 is 0 Å². The van der Waals surface area contributed by atoms with Crippen LogP contribution in [0.25, 0.3) is 0 Å². The number of hydrogen-bond acceptors (Lipinski definition) is 6. The summed E-state index contributed by atoms with van der Waals surface area (Å²) in [6.45, 7) is 0. The van der Waals surface area contributed by atoms with Crippen LogP contribution < -0.4 is 5.32 Å². The minimum atomic E-state index is -1.08. The molecule has 1 aliphatic rings. The molecule has 1 aromatic carbocycles. The molecule has 0 aliphatic carbocycles. The van der Waals surface area contributed by atoms with Crippen LogP contribution in [0, 0.1) is 0 Å². The first-order valence-corrected chi connectivity index (χ1v) is 6.98. The summed E-state index contributed by atoms with van der Waals surface area (Å²) < 4.78 is 0. The molecule has 9 heteroatoms. The molecule has 22 heavy (non-hydrogen) atoms. The zero-order valence-corrected chi connectivity index (χ0v) is 11.9. The van der Waals surface area contributed by atoms with Gasteiger partial charge in [0.05, 0.1) is 18.2 Å². The van der Waals surface area contributed by atoms with Gasteiger partial charge in [0.1, 0.15) is 5.25 Å². The number of aliphatic carboxylic acids is 1. The molecule has 3 N–H and O–H groups in total. The number of carboxylic acids is 2. The van der Waals surface area contributed by atoms with E-state index in [0.29, 0.717) is 5.56 Å². The molecular formula is C13H11N3O5S. The number of carboxylic acid groups (broad SMARTS) is 2. The van der Waals surface area contributed by atoms with Gasteiger partial charge in [0.2, 0.25) is 5.91 Å². The summed E-state index contributed by atoms with van der Waals surface area (Å²) in [5.41, 5.74) is 0.453. The first-order valence-electron chi connectivity index (χ1n) is 6.10. The standard InChI is InChI=1S/C13H11N3O5S/c17-10(18)5-9-11(19)15-13(22-9)16-14-6-7-3-1-2-4-8(7)12(20)21/h1-4,6,9H,5H2,(H,17,18)(H,20,21)(H,15,16,19)/b14-6+. The Labute approximate surface area is 128 Å². The van der Waals surface area contributed by atoms with Crippen LogP contribution in [0.4, 0.5) is 0 Å². The molecule has 0 aromatic heterocycles. The number of thioether (sulfide) groups is 1. The maximum atomic E-state index is 11.5. The van der Waals surface area contributed by atoms with Gasteiger partial charge in [-0.1, -0.05) is 30.0 Å². The zero-order chi connectivity index (χ0) is 16.1. The van der Waals surface area contributed by atoms with Gasteiger partial charge >= 0.3 is 11.9 Å². The maximum absolute atomic E-state index is 11.5. The Bertz CT molecular complexity index is 686. The highest BCUT2D eigenvalue weighted by Gasteiger charge is 2.32. The summed E-state index contributed by atoms with van der Waals surface area (Å²) in [6.07, 6.45) is 0.953. The van der Waals surface area contributed by atoms with Crippen LogP contribution in [0.3, 0.4) is 0 Å². The van der Waals surface area contributed by atoms with Gasteiger partial charge in [0, 0.05) is 5.56 Å². The molecule has 1 heterocycles. The number of nitrogens with zero attached hydrogens (tertiary/aromatic N) is 2. The molecule has 0 spiro atoms. The van der Waals surface area contributed by atoms with E-state index in [1.54, 1.807) is 18.2 Å². The van der Waals surface area contributed by atoms with E-state index in [-0.39, 0.29) is 17.2 Å². The third-order valence-electron chi connectivity index (χ3n) is 2.67. The van der Waals surface area contributed by atoms with Crippen molar-refractivity contribution in [3.05, 3.63) is 35.4 Å². The minimum absolute atomic E-state index is 0.0818. The van der Waals surface area contributed by atoms with Crippen LogP contribution in [0.1, 0.15) is 22.3 Å². The van der Waals surface area contributed by atoms with Crippen LogP contribution in [-0.4, -0.2) is 44.7 Å². The average Bonchev–Trinajstić information content (AvgIpc) is 2.78. The van der Waals surface area contributed by atoms with Gasteiger partial charge in [0.25, 0.3) is 0 Å². The first-order chi connectivity index (χ1) is 10.5. The summed E-state index contributed by atoms with van der Waals surface area (Å²) in [5.74, 6) is -2.60. The maximum Gasteiger partial charge on any atom is 0.336 e. The summed E-state index contributed by atoms with van der Waals surface area (Å²) in [4.78, 5) is 33.1. The lowest BCUT2D eigenvalue weighted by molar-refractivity contribution is -0.138. The minimum Gasteiger partial charge on any atom is -0.481 e.